The summed E-state index contributed by atoms with van der Waals surface area (Å²) in [4.78, 5) is 0.146. The van der Waals surface area contributed by atoms with Crippen LogP contribution >= 0.6 is 11.6 Å². The summed E-state index contributed by atoms with van der Waals surface area (Å²) in [6, 6.07) is 2.82. The monoisotopic (exact) mass is 304 g/mol. The van der Waals surface area contributed by atoms with E-state index >= 15 is 0 Å². The van der Waals surface area contributed by atoms with E-state index in [-0.39, 0.29) is 22.7 Å². The fourth-order valence-corrected chi connectivity index (χ4v) is 3.55. The highest BCUT2D eigenvalue weighted by atomic mass is 35.5. The maximum Gasteiger partial charge on any atom is 0.240 e. The lowest BCUT2D eigenvalue weighted by atomic mass is 9.90. The van der Waals surface area contributed by atoms with Crippen LogP contribution in [0, 0.1) is 6.92 Å². The molecule has 1 aromatic carbocycles. The molecular weight excluding hydrogens is 288 g/mol. The van der Waals surface area contributed by atoms with Crippen molar-refractivity contribution in [2.75, 3.05) is 12.8 Å². The molecule has 106 valence electrons. The van der Waals surface area contributed by atoms with Gasteiger partial charge in [0.05, 0.1) is 21.7 Å². The van der Waals surface area contributed by atoms with E-state index in [2.05, 4.69) is 4.72 Å². The lowest BCUT2D eigenvalue weighted by molar-refractivity contribution is 0.0236. The predicted molar refractivity (Wildman–Crippen MR) is 74.7 cm³/mol. The number of anilines is 1. The van der Waals surface area contributed by atoms with E-state index in [1.54, 1.807) is 14.0 Å². The lowest BCUT2D eigenvalue weighted by Crippen LogP contribution is -2.47. The first-order valence-electron chi connectivity index (χ1n) is 5.94. The Labute approximate surface area is 118 Å². The average Bonchev–Trinajstić information content (AvgIpc) is 2.29. The van der Waals surface area contributed by atoms with E-state index in [1.165, 1.54) is 12.1 Å². The number of nitrogen functional groups attached to an aromatic ring is 1. The standard InChI is InChI=1S/C12H17ClN2O3S/c1-7-3-10(6-11(14)12(7)13)19(16,17)15-8-4-9(5-8)18-2/h3,6,8-9,15H,4-5,14H2,1-2H3. The number of ether oxygens (including phenoxy) is 1. The molecule has 0 saturated heterocycles. The predicted octanol–water partition coefficient (Wildman–Crippen LogP) is 1.69. The molecule has 0 amide bonds. The van der Waals surface area contributed by atoms with Crippen molar-refractivity contribution < 1.29 is 13.2 Å². The summed E-state index contributed by atoms with van der Waals surface area (Å²) in [5.74, 6) is 0. The first-order chi connectivity index (χ1) is 8.83. The summed E-state index contributed by atoms with van der Waals surface area (Å²) in [5.41, 5.74) is 6.61. The van der Waals surface area contributed by atoms with Gasteiger partial charge in [-0.25, -0.2) is 13.1 Å². The molecule has 3 N–H and O–H groups in total. The van der Waals surface area contributed by atoms with Crippen molar-refractivity contribution in [1.29, 1.82) is 0 Å². The van der Waals surface area contributed by atoms with E-state index in [1.807, 2.05) is 0 Å². The van der Waals surface area contributed by atoms with Gasteiger partial charge >= 0.3 is 0 Å². The largest absolute Gasteiger partial charge is 0.397 e. The molecule has 1 saturated carbocycles. The van der Waals surface area contributed by atoms with E-state index in [9.17, 15) is 8.42 Å². The molecule has 0 aromatic heterocycles. The summed E-state index contributed by atoms with van der Waals surface area (Å²) >= 11 is 5.93. The van der Waals surface area contributed by atoms with Gasteiger partial charge in [-0.3, -0.25) is 0 Å². The molecule has 5 nitrogen and oxygen atoms in total. The molecular formula is C12H17ClN2O3S. The number of sulfonamides is 1. The van der Waals surface area contributed by atoms with Crippen LogP contribution in [0.1, 0.15) is 18.4 Å². The maximum atomic E-state index is 12.2. The van der Waals surface area contributed by atoms with Crippen molar-refractivity contribution >= 4 is 27.3 Å². The summed E-state index contributed by atoms with van der Waals surface area (Å²) in [6.45, 7) is 1.72. The minimum Gasteiger partial charge on any atom is -0.397 e. The van der Waals surface area contributed by atoms with Crippen LogP contribution in [-0.2, 0) is 14.8 Å². The molecule has 1 aliphatic carbocycles. The van der Waals surface area contributed by atoms with Gasteiger partial charge in [0.1, 0.15) is 0 Å². The van der Waals surface area contributed by atoms with Gasteiger partial charge in [0.2, 0.25) is 10.0 Å². The van der Waals surface area contributed by atoms with Gasteiger partial charge < -0.3 is 10.5 Å². The van der Waals surface area contributed by atoms with Crippen LogP contribution in [0.2, 0.25) is 5.02 Å². The third-order valence-corrected chi connectivity index (χ3v) is 5.33. The molecule has 1 aliphatic rings. The molecule has 19 heavy (non-hydrogen) atoms. The van der Waals surface area contributed by atoms with Gasteiger partial charge in [-0.05, 0) is 37.5 Å². The first kappa shape index (κ1) is 14.6. The zero-order chi connectivity index (χ0) is 14.2. The third kappa shape index (κ3) is 3.02. The van der Waals surface area contributed by atoms with Crippen LogP contribution in [0.3, 0.4) is 0 Å². The van der Waals surface area contributed by atoms with Gasteiger partial charge in [-0.15, -0.1) is 0 Å². The maximum absolute atomic E-state index is 12.2. The quantitative estimate of drug-likeness (QED) is 0.829. The highest BCUT2D eigenvalue weighted by Crippen LogP contribution is 2.28. The SMILES string of the molecule is COC1CC(NS(=O)(=O)c2cc(C)c(Cl)c(N)c2)C1. The average molecular weight is 305 g/mol. The molecule has 7 heteroatoms. The normalized spacial score (nSPS) is 23.1. The van der Waals surface area contributed by atoms with Gasteiger partial charge in [-0.1, -0.05) is 11.6 Å². The van der Waals surface area contributed by atoms with Gasteiger partial charge in [0, 0.05) is 13.2 Å². The Morgan fingerprint density at radius 3 is 2.58 bits per heavy atom. The van der Waals surface area contributed by atoms with Crippen molar-refractivity contribution in [2.45, 2.75) is 36.8 Å². The van der Waals surface area contributed by atoms with Crippen LogP contribution in [0.25, 0.3) is 0 Å². The van der Waals surface area contributed by atoms with Crippen LogP contribution in [0.15, 0.2) is 17.0 Å². The van der Waals surface area contributed by atoms with Crippen LogP contribution < -0.4 is 10.5 Å². The van der Waals surface area contributed by atoms with Crippen LogP contribution in [0.4, 0.5) is 5.69 Å². The second-order valence-electron chi connectivity index (χ2n) is 4.79. The van der Waals surface area contributed by atoms with E-state index in [0.717, 1.165) is 0 Å². The zero-order valence-corrected chi connectivity index (χ0v) is 12.4. The van der Waals surface area contributed by atoms with Gasteiger partial charge in [-0.2, -0.15) is 0 Å². The van der Waals surface area contributed by atoms with E-state index in [0.29, 0.717) is 23.4 Å². The van der Waals surface area contributed by atoms with E-state index in [4.69, 9.17) is 22.1 Å². The van der Waals surface area contributed by atoms with Crippen molar-refractivity contribution in [3.8, 4) is 0 Å². The highest BCUT2D eigenvalue weighted by molar-refractivity contribution is 7.89. The second-order valence-corrected chi connectivity index (χ2v) is 6.88. The van der Waals surface area contributed by atoms with Gasteiger partial charge in [0.15, 0.2) is 0 Å². The lowest BCUT2D eigenvalue weighted by Gasteiger charge is -2.34. The fraction of sp³-hybridized carbons (Fsp3) is 0.500. The Hall–Kier alpha value is -0.820. The third-order valence-electron chi connectivity index (χ3n) is 3.32. The fourth-order valence-electron chi connectivity index (χ4n) is 2.06. The number of rotatable bonds is 4. The Kier molecular flexibility index (Phi) is 4.06. The Morgan fingerprint density at radius 1 is 1.42 bits per heavy atom. The summed E-state index contributed by atoms with van der Waals surface area (Å²) < 4.78 is 32.2. The Bertz CT molecular complexity index is 560. The number of halogens is 1. The number of hydrogen-bond acceptors (Lipinski definition) is 4. The molecule has 0 aliphatic heterocycles. The summed E-state index contributed by atoms with van der Waals surface area (Å²) in [6.07, 6.45) is 1.53. The minimum absolute atomic E-state index is 0.0767. The molecule has 0 radical (unpaired) electrons. The van der Waals surface area contributed by atoms with Crippen LogP contribution in [-0.4, -0.2) is 27.7 Å². The molecule has 0 bridgehead atoms. The first-order valence-corrected chi connectivity index (χ1v) is 7.80. The molecule has 1 fully saturated rings. The number of aryl methyl sites for hydroxylation is 1. The topological polar surface area (TPSA) is 81.4 Å². The molecule has 1 aromatic rings. The minimum atomic E-state index is -3.56. The number of benzene rings is 1. The van der Waals surface area contributed by atoms with Crippen LogP contribution in [0.5, 0.6) is 0 Å². The highest BCUT2D eigenvalue weighted by Gasteiger charge is 2.32. The molecule has 2 rings (SSSR count). The number of nitrogens with two attached hydrogens (primary N) is 1. The zero-order valence-electron chi connectivity index (χ0n) is 10.8. The van der Waals surface area contributed by atoms with Crippen molar-refractivity contribution in [3.05, 3.63) is 22.7 Å². The van der Waals surface area contributed by atoms with E-state index < -0.39 is 10.0 Å². The van der Waals surface area contributed by atoms with Gasteiger partial charge in [0.25, 0.3) is 0 Å². The number of hydrogen-bond donors (Lipinski definition) is 2. The second kappa shape index (κ2) is 5.28. The molecule has 0 atom stereocenters. The Balaban J connectivity index is 2.16. The van der Waals surface area contributed by atoms with Crippen molar-refractivity contribution in [1.82, 2.24) is 4.72 Å². The number of nitrogens with one attached hydrogen (secondary N) is 1. The smallest absolute Gasteiger partial charge is 0.240 e. The Morgan fingerprint density at radius 2 is 2.05 bits per heavy atom. The van der Waals surface area contributed by atoms with Crippen molar-refractivity contribution in [2.24, 2.45) is 0 Å². The summed E-state index contributed by atoms with van der Waals surface area (Å²) in [7, 11) is -1.93. The number of methoxy groups -OCH3 is 1. The molecule has 0 spiro atoms. The van der Waals surface area contributed by atoms with Crippen molar-refractivity contribution in [3.63, 3.8) is 0 Å². The summed E-state index contributed by atoms with van der Waals surface area (Å²) in [5, 5.41) is 0.391. The molecule has 0 heterocycles. The molecule has 0 unspecified atom stereocenters.